The number of fused-ring (bicyclic) bond motifs is 1. The van der Waals surface area contributed by atoms with Crippen LogP contribution in [0.4, 0.5) is 4.39 Å². The zero-order chi connectivity index (χ0) is 22.8. The molecule has 1 aliphatic rings. The number of benzene rings is 2. The first kappa shape index (κ1) is 20.9. The number of carbonyl (C=O) groups excluding carboxylic acids is 1. The minimum Gasteiger partial charge on any atom is -0.349 e. The van der Waals surface area contributed by atoms with Crippen LogP contribution < -0.4 is 11.0 Å². The molecule has 168 valence electrons. The molecule has 9 heteroatoms. The number of nitrogens with zero attached hydrogens (tertiary/aromatic N) is 4. The molecular weight excluding hydrogens is 423 g/mol. The SMILES string of the molecule is O=C(NC1CCc2nn(Cc3ccc(F)cc3)c(=O)n2CC1)c1ccc(-c2ncc[nH]2)cc1. The van der Waals surface area contributed by atoms with E-state index in [-0.39, 0.29) is 23.5 Å². The molecule has 0 radical (unpaired) electrons. The zero-order valence-electron chi connectivity index (χ0n) is 17.9. The van der Waals surface area contributed by atoms with Crippen LogP contribution in [0.5, 0.6) is 0 Å². The third kappa shape index (κ3) is 4.48. The van der Waals surface area contributed by atoms with E-state index in [2.05, 4.69) is 20.4 Å². The Labute approximate surface area is 189 Å². The van der Waals surface area contributed by atoms with Crippen molar-refractivity contribution in [2.75, 3.05) is 0 Å². The third-order valence-corrected chi connectivity index (χ3v) is 5.92. The van der Waals surface area contributed by atoms with E-state index in [1.165, 1.54) is 16.8 Å². The fourth-order valence-electron chi connectivity index (χ4n) is 4.11. The van der Waals surface area contributed by atoms with E-state index >= 15 is 0 Å². The molecule has 0 fully saturated rings. The summed E-state index contributed by atoms with van der Waals surface area (Å²) in [5, 5.41) is 7.57. The Kier molecular flexibility index (Phi) is 5.60. The highest BCUT2D eigenvalue weighted by atomic mass is 19.1. The van der Waals surface area contributed by atoms with Gasteiger partial charge in [0.15, 0.2) is 0 Å². The first-order chi connectivity index (χ1) is 16.1. The minimum absolute atomic E-state index is 0.0473. The number of halogens is 1. The normalized spacial score (nSPS) is 15.6. The van der Waals surface area contributed by atoms with Crippen LogP contribution in [-0.4, -0.2) is 36.3 Å². The molecule has 2 N–H and O–H groups in total. The van der Waals surface area contributed by atoms with Gasteiger partial charge in [0, 0.05) is 42.5 Å². The molecule has 1 atom stereocenters. The van der Waals surface area contributed by atoms with Gasteiger partial charge in [0.05, 0.1) is 6.54 Å². The molecule has 0 spiro atoms. The maximum atomic E-state index is 13.1. The summed E-state index contributed by atoms with van der Waals surface area (Å²) in [5.41, 5.74) is 2.12. The Hall–Kier alpha value is -4.01. The van der Waals surface area contributed by atoms with Gasteiger partial charge < -0.3 is 10.3 Å². The van der Waals surface area contributed by atoms with Gasteiger partial charge in [0.2, 0.25) is 0 Å². The van der Waals surface area contributed by atoms with Crippen LogP contribution in [0.1, 0.15) is 34.6 Å². The monoisotopic (exact) mass is 446 g/mol. The molecule has 1 unspecified atom stereocenters. The fourth-order valence-corrected chi connectivity index (χ4v) is 4.11. The molecule has 1 aliphatic heterocycles. The molecule has 0 aliphatic carbocycles. The van der Waals surface area contributed by atoms with Crippen LogP contribution in [-0.2, 0) is 19.5 Å². The number of H-pyrrole nitrogens is 1. The molecular formula is C24H23FN6O2. The molecule has 0 bridgehead atoms. The van der Waals surface area contributed by atoms with Crippen molar-refractivity contribution in [1.29, 1.82) is 0 Å². The topological polar surface area (TPSA) is 97.6 Å². The maximum Gasteiger partial charge on any atom is 0.346 e. The summed E-state index contributed by atoms with van der Waals surface area (Å²) in [6.45, 7) is 0.785. The fraction of sp³-hybridized carbons (Fsp3) is 0.250. The highest BCUT2D eigenvalue weighted by molar-refractivity contribution is 5.94. The van der Waals surface area contributed by atoms with Crippen molar-refractivity contribution in [1.82, 2.24) is 29.6 Å². The van der Waals surface area contributed by atoms with Crippen LogP contribution >= 0.6 is 0 Å². The second kappa shape index (κ2) is 8.85. The Balaban J connectivity index is 1.22. The van der Waals surface area contributed by atoms with Crippen molar-refractivity contribution < 1.29 is 9.18 Å². The Morgan fingerprint density at radius 3 is 2.64 bits per heavy atom. The van der Waals surface area contributed by atoms with Crippen LogP contribution in [0.15, 0.2) is 65.7 Å². The predicted octanol–water partition coefficient (Wildman–Crippen LogP) is 2.76. The van der Waals surface area contributed by atoms with Gasteiger partial charge in [0.1, 0.15) is 17.5 Å². The number of hydrogen-bond acceptors (Lipinski definition) is 4. The maximum absolute atomic E-state index is 13.1. The van der Waals surface area contributed by atoms with Crippen molar-refractivity contribution in [3.05, 3.63) is 94.2 Å². The summed E-state index contributed by atoms with van der Waals surface area (Å²) >= 11 is 0. The molecule has 8 nitrogen and oxygen atoms in total. The lowest BCUT2D eigenvalue weighted by Crippen LogP contribution is -2.35. The highest BCUT2D eigenvalue weighted by Crippen LogP contribution is 2.17. The van der Waals surface area contributed by atoms with E-state index in [9.17, 15) is 14.0 Å². The van der Waals surface area contributed by atoms with E-state index in [4.69, 9.17) is 0 Å². The first-order valence-electron chi connectivity index (χ1n) is 10.9. The van der Waals surface area contributed by atoms with E-state index in [0.717, 1.165) is 17.0 Å². The number of imidazole rings is 1. The van der Waals surface area contributed by atoms with Crippen molar-refractivity contribution in [3.8, 4) is 11.4 Å². The van der Waals surface area contributed by atoms with E-state index in [0.29, 0.717) is 43.7 Å². The number of rotatable bonds is 5. The minimum atomic E-state index is -0.312. The van der Waals surface area contributed by atoms with Gasteiger partial charge in [-0.15, -0.1) is 0 Å². The van der Waals surface area contributed by atoms with Gasteiger partial charge in [-0.1, -0.05) is 24.3 Å². The lowest BCUT2D eigenvalue weighted by Gasteiger charge is -2.16. The molecule has 2 aromatic heterocycles. The molecule has 0 saturated carbocycles. The molecule has 3 heterocycles. The molecule has 2 aromatic carbocycles. The van der Waals surface area contributed by atoms with Crippen molar-refractivity contribution in [2.45, 2.75) is 38.4 Å². The summed E-state index contributed by atoms with van der Waals surface area (Å²) in [6, 6.07) is 13.3. The number of carbonyl (C=O) groups is 1. The highest BCUT2D eigenvalue weighted by Gasteiger charge is 2.22. The molecule has 1 amide bonds. The summed E-state index contributed by atoms with van der Waals surface area (Å²) in [6.07, 6.45) is 5.37. The number of amides is 1. The van der Waals surface area contributed by atoms with Crippen LogP contribution in [0.25, 0.3) is 11.4 Å². The summed E-state index contributed by atoms with van der Waals surface area (Å²) in [5.74, 6) is 1.01. The number of aromatic amines is 1. The summed E-state index contributed by atoms with van der Waals surface area (Å²) in [4.78, 5) is 32.8. The second-order valence-electron chi connectivity index (χ2n) is 8.15. The van der Waals surface area contributed by atoms with Crippen molar-refractivity contribution >= 4 is 5.91 Å². The summed E-state index contributed by atoms with van der Waals surface area (Å²) in [7, 11) is 0. The number of nitrogens with one attached hydrogen (secondary N) is 2. The average Bonchev–Trinajstić information content (AvgIpc) is 3.41. The quantitative estimate of drug-likeness (QED) is 0.493. The van der Waals surface area contributed by atoms with Crippen LogP contribution in [0.2, 0.25) is 0 Å². The van der Waals surface area contributed by atoms with Gasteiger partial charge in [-0.25, -0.2) is 18.9 Å². The van der Waals surface area contributed by atoms with Crippen LogP contribution in [0, 0.1) is 5.82 Å². The molecule has 5 rings (SSSR count). The summed E-state index contributed by atoms with van der Waals surface area (Å²) < 4.78 is 16.2. The largest absolute Gasteiger partial charge is 0.349 e. The molecule has 0 saturated heterocycles. The smallest absolute Gasteiger partial charge is 0.346 e. The predicted molar refractivity (Wildman–Crippen MR) is 120 cm³/mol. The van der Waals surface area contributed by atoms with E-state index in [1.54, 1.807) is 41.2 Å². The van der Waals surface area contributed by atoms with Crippen molar-refractivity contribution in [3.63, 3.8) is 0 Å². The molecule has 33 heavy (non-hydrogen) atoms. The van der Waals surface area contributed by atoms with Gasteiger partial charge in [-0.05, 0) is 42.7 Å². The van der Waals surface area contributed by atoms with E-state index in [1.807, 2.05) is 12.1 Å². The number of aromatic nitrogens is 5. The molecule has 4 aromatic rings. The Morgan fingerprint density at radius 2 is 1.91 bits per heavy atom. The number of hydrogen-bond donors (Lipinski definition) is 2. The van der Waals surface area contributed by atoms with Crippen molar-refractivity contribution in [2.24, 2.45) is 0 Å². The third-order valence-electron chi connectivity index (χ3n) is 5.92. The second-order valence-corrected chi connectivity index (χ2v) is 8.15. The van der Waals surface area contributed by atoms with Gasteiger partial charge in [-0.2, -0.15) is 5.10 Å². The lowest BCUT2D eigenvalue weighted by atomic mass is 10.1. The average molecular weight is 446 g/mol. The first-order valence-corrected chi connectivity index (χ1v) is 10.9. The van der Waals surface area contributed by atoms with Gasteiger partial charge >= 0.3 is 5.69 Å². The number of aryl methyl sites for hydroxylation is 1. The lowest BCUT2D eigenvalue weighted by molar-refractivity contribution is 0.0933. The van der Waals surface area contributed by atoms with Gasteiger partial charge in [0.25, 0.3) is 5.91 Å². The van der Waals surface area contributed by atoms with Crippen LogP contribution in [0.3, 0.4) is 0 Å². The Morgan fingerprint density at radius 1 is 1.12 bits per heavy atom. The van der Waals surface area contributed by atoms with E-state index < -0.39 is 0 Å². The van der Waals surface area contributed by atoms with Gasteiger partial charge in [-0.3, -0.25) is 9.36 Å². The zero-order valence-corrected chi connectivity index (χ0v) is 17.9. The Bertz CT molecular complexity index is 1310. The standard InChI is InChI=1S/C24H23FN6O2/c25-19-7-1-16(2-8-19)15-31-24(33)30-14-11-20(9-10-21(30)29-31)28-23(32)18-5-3-17(4-6-18)22-26-12-13-27-22/h1-8,12-13,20H,9-11,14-15H2,(H,26,27)(H,28,32).